The minimum Gasteiger partial charge on any atom is -0.315 e. The average Bonchev–Trinajstić information content (AvgIpc) is 1.93. The number of hydrogen-bond acceptors (Lipinski definition) is 2. The monoisotopic (exact) mass is 186 g/mol. The van der Waals surface area contributed by atoms with Gasteiger partial charge in [0.1, 0.15) is 0 Å². The van der Waals surface area contributed by atoms with Crippen LogP contribution >= 0.6 is 0 Å². The van der Waals surface area contributed by atoms with Crippen molar-refractivity contribution in [1.29, 1.82) is 0 Å². The Morgan fingerprint density at radius 2 is 1.69 bits per heavy atom. The standard InChI is InChI=1S/C11H26N2/c1-11(2,3)7-6-8-12-9-10-13(4)5/h12H,6-10H2,1-5H3. The molecule has 0 aliphatic carbocycles. The van der Waals surface area contributed by atoms with Crippen LogP contribution in [0.15, 0.2) is 0 Å². The lowest BCUT2D eigenvalue weighted by Gasteiger charge is -2.18. The van der Waals surface area contributed by atoms with Gasteiger partial charge in [-0.1, -0.05) is 20.8 Å². The van der Waals surface area contributed by atoms with Gasteiger partial charge in [0.05, 0.1) is 0 Å². The van der Waals surface area contributed by atoms with Crippen LogP contribution in [0.25, 0.3) is 0 Å². The molecule has 80 valence electrons. The summed E-state index contributed by atoms with van der Waals surface area (Å²) in [6, 6.07) is 0. The van der Waals surface area contributed by atoms with Crippen LogP contribution in [0, 0.1) is 5.41 Å². The maximum atomic E-state index is 3.45. The molecule has 0 saturated carbocycles. The molecule has 0 unspecified atom stereocenters. The molecule has 13 heavy (non-hydrogen) atoms. The lowest BCUT2D eigenvalue weighted by Crippen LogP contribution is -2.27. The molecule has 1 N–H and O–H groups in total. The molecular formula is C11H26N2. The molecular weight excluding hydrogens is 160 g/mol. The van der Waals surface area contributed by atoms with E-state index in [4.69, 9.17) is 0 Å². The van der Waals surface area contributed by atoms with E-state index in [-0.39, 0.29) is 0 Å². The number of nitrogens with zero attached hydrogens (tertiary/aromatic N) is 1. The normalized spacial score (nSPS) is 12.5. The van der Waals surface area contributed by atoms with Crippen LogP contribution in [-0.4, -0.2) is 38.6 Å². The summed E-state index contributed by atoms with van der Waals surface area (Å²) in [6.45, 7) is 10.3. The molecule has 0 atom stereocenters. The Hall–Kier alpha value is -0.0800. The summed E-state index contributed by atoms with van der Waals surface area (Å²) in [7, 11) is 4.22. The van der Waals surface area contributed by atoms with E-state index < -0.39 is 0 Å². The van der Waals surface area contributed by atoms with E-state index in [1.807, 2.05) is 0 Å². The number of nitrogens with one attached hydrogen (secondary N) is 1. The number of rotatable bonds is 6. The Morgan fingerprint density at radius 1 is 1.08 bits per heavy atom. The highest BCUT2D eigenvalue weighted by atomic mass is 15.1. The molecule has 0 heterocycles. The van der Waals surface area contributed by atoms with Crippen LogP contribution in [0.2, 0.25) is 0 Å². The molecule has 0 rings (SSSR count). The van der Waals surface area contributed by atoms with Gasteiger partial charge in [0, 0.05) is 13.1 Å². The van der Waals surface area contributed by atoms with E-state index in [9.17, 15) is 0 Å². The summed E-state index contributed by atoms with van der Waals surface area (Å²) in [5.74, 6) is 0. The fourth-order valence-corrected chi connectivity index (χ4v) is 1.17. The Bertz CT molecular complexity index is 114. The molecule has 0 aromatic rings. The molecule has 0 saturated heterocycles. The molecule has 0 fully saturated rings. The molecule has 0 radical (unpaired) electrons. The first-order valence-electron chi connectivity index (χ1n) is 5.27. The molecule has 2 heteroatoms. The molecule has 0 amide bonds. The number of hydrogen-bond donors (Lipinski definition) is 1. The minimum absolute atomic E-state index is 0.489. The fraction of sp³-hybridized carbons (Fsp3) is 1.00. The van der Waals surface area contributed by atoms with Crippen molar-refractivity contribution in [3.8, 4) is 0 Å². The quantitative estimate of drug-likeness (QED) is 0.638. The smallest absolute Gasteiger partial charge is 0.0101 e. The highest BCUT2D eigenvalue weighted by molar-refractivity contribution is 4.62. The average molecular weight is 186 g/mol. The van der Waals surface area contributed by atoms with Crippen molar-refractivity contribution in [3.63, 3.8) is 0 Å². The van der Waals surface area contributed by atoms with Gasteiger partial charge in [-0.2, -0.15) is 0 Å². The topological polar surface area (TPSA) is 15.3 Å². The summed E-state index contributed by atoms with van der Waals surface area (Å²) in [5.41, 5.74) is 0.489. The Labute approximate surface area is 83.7 Å². The summed E-state index contributed by atoms with van der Waals surface area (Å²) in [5, 5.41) is 3.45. The predicted molar refractivity (Wildman–Crippen MR) is 60.1 cm³/mol. The van der Waals surface area contributed by atoms with Crippen molar-refractivity contribution >= 4 is 0 Å². The van der Waals surface area contributed by atoms with Crippen molar-refractivity contribution < 1.29 is 0 Å². The summed E-state index contributed by atoms with van der Waals surface area (Å²) >= 11 is 0. The third-order valence-electron chi connectivity index (χ3n) is 2.02. The lowest BCUT2D eigenvalue weighted by atomic mass is 9.91. The van der Waals surface area contributed by atoms with Gasteiger partial charge >= 0.3 is 0 Å². The SMILES string of the molecule is CN(C)CCNCCCC(C)(C)C. The summed E-state index contributed by atoms with van der Waals surface area (Å²) < 4.78 is 0. The zero-order chi connectivity index (χ0) is 10.3. The van der Waals surface area contributed by atoms with Gasteiger partial charge in [-0.05, 0) is 38.9 Å². The van der Waals surface area contributed by atoms with Gasteiger partial charge in [-0.15, -0.1) is 0 Å². The predicted octanol–water partition coefficient (Wildman–Crippen LogP) is 1.96. The Kier molecular flexibility index (Phi) is 6.35. The molecule has 0 aliphatic heterocycles. The van der Waals surface area contributed by atoms with Crippen LogP contribution < -0.4 is 5.32 Å². The first-order chi connectivity index (χ1) is 5.92. The molecule has 2 nitrogen and oxygen atoms in total. The second-order valence-corrected chi connectivity index (χ2v) is 5.22. The maximum absolute atomic E-state index is 3.45. The van der Waals surface area contributed by atoms with Crippen LogP contribution in [0.4, 0.5) is 0 Å². The number of likely N-dealkylation sites (N-methyl/N-ethyl adjacent to an activating group) is 1. The second kappa shape index (κ2) is 6.39. The minimum atomic E-state index is 0.489. The van der Waals surface area contributed by atoms with Crippen LogP contribution in [0.3, 0.4) is 0 Å². The van der Waals surface area contributed by atoms with Crippen molar-refractivity contribution in [2.75, 3.05) is 33.7 Å². The zero-order valence-electron chi connectivity index (χ0n) is 9.98. The maximum Gasteiger partial charge on any atom is 0.0101 e. The van der Waals surface area contributed by atoms with Crippen molar-refractivity contribution in [2.24, 2.45) is 5.41 Å². The third-order valence-corrected chi connectivity index (χ3v) is 2.02. The van der Waals surface area contributed by atoms with Crippen molar-refractivity contribution in [3.05, 3.63) is 0 Å². The van der Waals surface area contributed by atoms with E-state index >= 15 is 0 Å². The van der Waals surface area contributed by atoms with E-state index in [2.05, 4.69) is 45.1 Å². The van der Waals surface area contributed by atoms with Gasteiger partial charge in [0.2, 0.25) is 0 Å². The summed E-state index contributed by atoms with van der Waals surface area (Å²) in [6.07, 6.45) is 2.60. The Balaban J connectivity index is 3.09. The van der Waals surface area contributed by atoms with Gasteiger partial charge < -0.3 is 10.2 Å². The first-order valence-corrected chi connectivity index (χ1v) is 5.27. The lowest BCUT2D eigenvalue weighted by molar-refractivity contribution is 0.354. The highest BCUT2D eigenvalue weighted by Crippen LogP contribution is 2.19. The van der Waals surface area contributed by atoms with E-state index in [0.717, 1.165) is 19.6 Å². The highest BCUT2D eigenvalue weighted by Gasteiger charge is 2.08. The van der Waals surface area contributed by atoms with Crippen LogP contribution in [-0.2, 0) is 0 Å². The fourth-order valence-electron chi connectivity index (χ4n) is 1.17. The van der Waals surface area contributed by atoms with Gasteiger partial charge in [-0.25, -0.2) is 0 Å². The summed E-state index contributed by atoms with van der Waals surface area (Å²) in [4.78, 5) is 2.21. The van der Waals surface area contributed by atoms with Crippen LogP contribution in [0.5, 0.6) is 0 Å². The largest absolute Gasteiger partial charge is 0.315 e. The zero-order valence-corrected chi connectivity index (χ0v) is 9.98. The van der Waals surface area contributed by atoms with Crippen molar-refractivity contribution in [2.45, 2.75) is 33.6 Å². The third kappa shape index (κ3) is 11.9. The van der Waals surface area contributed by atoms with Crippen molar-refractivity contribution in [1.82, 2.24) is 10.2 Å². The first kappa shape index (κ1) is 12.9. The van der Waals surface area contributed by atoms with E-state index in [0.29, 0.717) is 5.41 Å². The van der Waals surface area contributed by atoms with Gasteiger partial charge in [0.15, 0.2) is 0 Å². The van der Waals surface area contributed by atoms with Crippen LogP contribution in [0.1, 0.15) is 33.6 Å². The molecule has 0 aromatic heterocycles. The molecule has 0 aromatic carbocycles. The second-order valence-electron chi connectivity index (χ2n) is 5.22. The molecule has 0 aliphatic rings. The van der Waals surface area contributed by atoms with E-state index in [1.54, 1.807) is 0 Å². The van der Waals surface area contributed by atoms with Gasteiger partial charge in [0.25, 0.3) is 0 Å². The molecule has 0 bridgehead atoms. The van der Waals surface area contributed by atoms with E-state index in [1.165, 1.54) is 12.8 Å². The van der Waals surface area contributed by atoms with Gasteiger partial charge in [-0.3, -0.25) is 0 Å². The Morgan fingerprint density at radius 3 is 2.15 bits per heavy atom. The molecule has 0 spiro atoms.